The van der Waals surface area contributed by atoms with Gasteiger partial charge in [0.15, 0.2) is 0 Å². The maximum absolute atomic E-state index is 12.2. The van der Waals surface area contributed by atoms with Crippen molar-refractivity contribution in [2.45, 2.75) is 0 Å². The molecule has 4 aromatic rings. The first-order valence-electron chi connectivity index (χ1n) is 6.39. The van der Waals surface area contributed by atoms with E-state index in [0.717, 1.165) is 20.9 Å². The van der Waals surface area contributed by atoms with Gasteiger partial charge in [0.25, 0.3) is 0 Å². The lowest BCUT2D eigenvalue weighted by molar-refractivity contribution is 0.563. The van der Waals surface area contributed by atoms with Crippen molar-refractivity contribution in [3.05, 3.63) is 63.4 Å². The van der Waals surface area contributed by atoms with Gasteiger partial charge in [-0.25, -0.2) is 9.78 Å². The fraction of sp³-hybridized carbons (Fsp3) is 0. The third-order valence-electron chi connectivity index (χ3n) is 3.34. The van der Waals surface area contributed by atoms with Crippen LogP contribution in [0.3, 0.4) is 0 Å². The molecule has 4 rings (SSSR count). The SMILES string of the molecule is O.O=c1oc2ccc(Br)cc2cc1-c1nc2ccccc2[nH]1. The van der Waals surface area contributed by atoms with E-state index < -0.39 is 5.63 Å². The van der Waals surface area contributed by atoms with Crippen LogP contribution in [0.4, 0.5) is 0 Å². The van der Waals surface area contributed by atoms with E-state index in [1.807, 2.05) is 36.4 Å². The molecule has 0 bridgehead atoms. The summed E-state index contributed by atoms with van der Waals surface area (Å²) in [5, 5.41) is 0.847. The van der Waals surface area contributed by atoms with E-state index in [4.69, 9.17) is 4.42 Å². The zero-order valence-electron chi connectivity index (χ0n) is 11.3. The molecule has 22 heavy (non-hydrogen) atoms. The molecular weight excluding hydrogens is 348 g/mol. The molecule has 0 saturated heterocycles. The highest BCUT2D eigenvalue weighted by atomic mass is 79.9. The summed E-state index contributed by atoms with van der Waals surface area (Å²) in [5.74, 6) is 0.520. The van der Waals surface area contributed by atoms with Gasteiger partial charge in [-0.3, -0.25) is 0 Å². The summed E-state index contributed by atoms with van der Waals surface area (Å²) in [4.78, 5) is 19.8. The molecule has 0 unspecified atom stereocenters. The number of imidazole rings is 1. The van der Waals surface area contributed by atoms with Crippen molar-refractivity contribution < 1.29 is 9.89 Å². The van der Waals surface area contributed by atoms with Gasteiger partial charge >= 0.3 is 5.63 Å². The van der Waals surface area contributed by atoms with Gasteiger partial charge in [-0.15, -0.1) is 0 Å². The minimum atomic E-state index is -0.399. The van der Waals surface area contributed by atoms with E-state index in [1.165, 1.54) is 0 Å². The first-order chi connectivity index (χ1) is 10.2. The van der Waals surface area contributed by atoms with E-state index >= 15 is 0 Å². The van der Waals surface area contributed by atoms with Crippen molar-refractivity contribution in [3.8, 4) is 11.4 Å². The largest absolute Gasteiger partial charge is 0.422 e. The number of nitrogens with zero attached hydrogens (tertiary/aromatic N) is 1. The van der Waals surface area contributed by atoms with E-state index in [1.54, 1.807) is 12.1 Å². The Balaban J connectivity index is 0.00000144. The molecule has 0 amide bonds. The smallest absolute Gasteiger partial charge is 0.347 e. The molecule has 0 aliphatic heterocycles. The second kappa shape index (κ2) is 5.40. The average molecular weight is 359 g/mol. The lowest BCUT2D eigenvalue weighted by Crippen LogP contribution is -2.03. The molecule has 0 fully saturated rings. The molecule has 110 valence electrons. The second-order valence-corrected chi connectivity index (χ2v) is 5.65. The normalized spacial score (nSPS) is 10.8. The molecule has 2 heterocycles. The molecular formula is C16H11BrN2O3. The summed E-state index contributed by atoms with van der Waals surface area (Å²) in [7, 11) is 0. The summed E-state index contributed by atoms with van der Waals surface area (Å²) in [6, 6.07) is 15.0. The number of benzene rings is 2. The van der Waals surface area contributed by atoms with Crippen LogP contribution in [0.5, 0.6) is 0 Å². The molecule has 0 aliphatic rings. The summed E-state index contributed by atoms with van der Waals surface area (Å²) >= 11 is 3.42. The van der Waals surface area contributed by atoms with Crippen molar-refractivity contribution in [3.63, 3.8) is 0 Å². The van der Waals surface area contributed by atoms with Crippen molar-refractivity contribution in [2.24, 2.45) is 0 Å². The molecule has 5 nitrogen and oxygen atoms in total. The maximum Gasteiger partial charge on any atom is 0.347 e. The first-order valence-corrected chi connectivity index (χ1v) is 7.18. The Labute approximate surface area is 133 Å². The Bertz CT molecular complexity index is 1000. The van der Waals surface area contributed by atoms with Crippen LogP contribution in [0, 0.1) is 0 Å². The topological polar surface area (TPSA) is 90.4 Å². The standard InChI is InChI=1S/C16H9BrN2O2.H2O/c17-10-5-6-14-9(7-10)8-11(16(20)21-14)15-18-12-3-1-2-4-13(12)19-15;/h1-8H,(H,18,19);1H2. The first kappa shape index (κ1) is 14.5. The second-order valence-electron chi connectivity index (χ2n) is 4.73. The van der Waals surface area contributed by atoms with Gasteiger partial charge in [0.05, 0.1) is 11.0 Å². The molecule has 0 radical (unpaired) electrons. The number of para-hydroxylation sites is 2. The van der Waals surface area contributed by atoms with E-state index in [9.17, 15) is 4.79 Å². The number of hydrogen-bond donors (Lipinski definition) is 1. The number of H-pyrrole nitrogens is 1. The van der Waals surface area contributed by atoms with E-state index in [-0.39, 0.29) is 5.48 Å². The third kappa shape index (κ3) is 2.32. The summed E-state index contributed by atoms with van der Waals surface area (Å²) < 4.78 is 6.29. The van der Waals surface area contributed by atoms with Crippen molar-refractivity contribution in [1.82, 2.24) is 9.97 Å². The van der Waals surface area contributed by atoms with Gasteiger partial charge in [-0.1, -0.05) is 28.1 Å². The van der Waals surface area contributed by atoms with Crippen LogP contribution in [-0.2, 0) is 0 Å². The highest BCUT2D eigenvalue weighted by Crippen LogP contribution is 2.23. The number of rotatable bonds is 1. The van der Waals surface area contributed by atoms with Crippen LogP contribution < -0.4 is 5.63 Å². The maximum atomic E-state index is 12.2. The highest BCUT2D eigenvalue weighted by Gasteiger charge is 2.12. The van der Waals surface area contributed by atoms with Crippen LogP contribution in [0.25, 0.3) is 33.4 Å². The fourth-order valence-corrected chi connectivity index (χ4v) is 2.72. The molecule has 0 spiro atoms. The van der Waals surface area contributed by atoms with E-state index in [0.29, 0.717) is 17.0 Å². The van der Waals surface area contributed by atoms with Crippen molar-refractivity contribution >= 4 is 37.9 Å². The van der Waals surface area contributed by atoms with Crippen LogP contribution in [0.15, 0.2) is 62.2 Å². The van der Waals surface area contributed by atoms with Gasteiger partial charge < -0.3 is 14.9 Å². The van der Waals surface area contributed by atoms with E-state index in [2.05, 4.69) is 25.9 Å². The Hall–Kier alpha value is -2.44. The van der Waals surface area contributed by atoms with Crippen LogP contribution in [-0.4, -0.2) is 15.4 Å². The average Bonchev–Trinajstić information content (AvgIpc) is 2.90. The van der Waals surface area contributed by atoms with Crippen molar-refractivity contribution in [1.29, 1.82) is 0 Å². The molecule has 0 atom stereocenters. The molecule has 0 saturated carbocycles. The molecule has 0 aliphatic carbocycles. The van der Waals surface area contributed by atoms with Crippen LogP contribution in [0.2, 0.25) is 0 Å². The third-order valence-corrected chi connectivity index (χ3v) is 3.83. The lowest BCUT2D eigenvalue weighted by atomic mass is 10.2. The molecule has 3 N–H and O–H groups in total. The highest BCUT2D eigenvalue weighted by molar-refractivity contribution is 9.10. The summed E-state index contributed by atoms with van der Waals surface area (Å²) in [6.07, 6.45) is 0. The predicted octanol–water partition coefficient (Wildman–Crippen LogP) is 3.27. The van der Waals surface area contributed by atoms with Gasteiger partial charge in [-0.05, 0) is 36.4 Å². The van der Waals surface area contributed by atoms with Gasteiger partial charge in [0.1, 0.15) is 17.0 Å². The predicted molar refractivity (Wildman–Crippen MR) is 88.9 cm³/mol. The Morgan fingerprint density at radius 2 is 1.91 bits per heavy atom. The summed E-state index contributed by atoms with van der Waals surface area (Å²) in [5.41, 5.74) is 2.30. The number of aromatic amines is 1. The summed E-state index contributed by atoms with van der Waals surface area (Å²) in [6.45, 7) is 0. The monoisotopic (exact) mass is 358 g/mol. The fourth-order valence-electron chi connectivity index (χ4n) is 2.34. The number of nitrogens with one attached hydrogen (secondary N) is 1. The Morgan fingerprint density at radius 1 is 1.09 bits per heavy atom. The minimum absolute atomic E-state index is 0. The number of fused-ring (bicyclic) bond motifs is 2. The molecule has 6 heteroatoms. The van der Waals surface area contributed by atoms with Gasteiger partial charge in [0.2, 0.25) is 0 Å². The zero-order chi connectivity index (χ0) is 14.4. The number of halogens is 1. The van der Waals surface area contributed by atoms with Gasteiger partial charge in [0, 0.05) is 9.86 Å². The number of aromatic nitrogens is 2. The minimum Gasteiger partial charge on any atom is -0.422 e. The zero-order valence-corrected chi connectivity index (χ0v) is 12.8. The lowest BCUT2D eigenvalue weighted by Gasteiger charge is -2.00. The molecule has 2 aromatic heterocycles. The van der Waals surface area contributed by atoms with Crippen molar-refractivity contribution in [2.75, 3.05) is 0 Å². The Morgan fingerprint density at radius 3 is 2.73 bits per heavy atom. The Kier molecular flexibility index (Phi) is 3.56. The van der Waals surface area contributed by atoms with Crippen LogP contribution >= 0.6 is 15.9 Å². The van der Waals surface area contributed by atoms with Crippen LogP contribution in [0.1, 0.15) is 0 Å². The number of hydrogen-bond acceptors (Lipinski definition) is 3. The molecule has 2 aromatic carbocycles. The quantitative estimate of drug-likeness (QED) is 0.529. The van der Waals surface area contributed by atoms with Gasteiger partial charge in [-0.2, -0.15) is 0 Å².